The summed E-state index contributed by atoms with van der Waals surface area (Å²) >= 11 is 0. The molecule has 10 nitrogen and oxygen atoms in total. The Labute approximate surface area is 221 Å². The number of hydroxylamine groups is 1. The lowest BCUT2D eigenvalue weighted by molar-refractivity contribution is -0.134. The molecule has 5 rings (SSSR count). The number of aromatic nitrogens is 1. The summed E-state index contributed by atoms with van der Waals surface area (Å²) in [4.78, 5) is 30.0. The molecular formula is C27H32N4O6S. The summed E-state index contributed by atoms with van der Waals surface area (Å²) in [6, 6.07) is 17.3. The van der Waals surface area contributed by atoms with Crippen LogP contribution in [-0.2, 0) is 39.1 Å². The summed E-state index contributed by atoms with van der Waals surface area (Å²) in [5.74, 6) is -2.36. The first-order valence-corrected chi connectivity index (χ1v) is 14.4. The molecule has 3 aromatic rings. The number of likely N-dealkylation sites (tertiary alicyclic amines) is 1. The number of nitrogens with zero attached hydrogens (tertiary/aromatic N) is 2. The largest absolute Gasteiger partial charge is 0.445 e. The highest BCUT2D eigenvalue weighted by atomic mass is 32.2. The van der Waals surface area contributed by atoms with Crippen LogP contribution in [0.4, 0.5) is 4.79 Å². The topological polar surface area (TPSA) is 132 Å². The molecule has 0 radical (unpaired) electrons. The van der Waals surface area contributed by atoms with Crippen LogP contribution in [0.5, 0.6) is 0 Å². The molecular weight excluding hydrogens is 508 g/mol. The normalized spacial score (nSPS) is 17.7. The number of sulfonamides is 1. The van der Waals surface area contributed by atoms with Crippen LogP contribution in [0.1, 0.15) is 29.7 Å². The smallest absolute Gasteiger partial charge is 0.410 e. The molecule has 0 saturated carbocycles. The molecule has 2 aliphatic heterocycles. The summed E-state index contributed by atoms with van der Waals surface area (Å²) in [6.07, 6.45) is 1.00. The average molecular weight is 541 g/mol. The van der Waals surface area contributed by atoms with Crippen molar-refractivity contribution in [3.63, 3.8) is 0 Å². The van der Waals surface area contributed by atoms with Crippen molar-refractivity contribution in [2.45, 2.75) is 32.4 Å². The van der Waals surface area contributed by atoms with E-state index in [0.29, 0.717) is 38.9 Å². The maximum absolute atomic E-state index is 13.4. The Kier molecular flexibility index (Phi) is 7.68. The molecule has 38 heavy (non-hydrogen) atoms. The van der Waals surface area contributed by atoms with Crippen LogP contribution in [0, 0.1) is 11.8 Å². The van der Waals surface area contributed by atoms with Gasteiger partial charge in [-0.15, -0.1) is 0 Å². The highest BCUT2D eigenvalue weighted by Gasteiger charge is 2.39. The maximum atomic E-state index is 13.4. The molecule has 3 N–H and O–H groups in total. The number of nitrogens with one attached hydrogen (secondary N) is 2. The van der Waals surface area contributed by atoms with Crippen molar-refractivity contribution in [2.75, 3.05) is 25.4 Å². The number of rotatable bonds is 7. The second-order valence-electron chi connectivity index (χ2n) is 9.94. The van der Waals surface area contributed by atoms with Crippen LogP contribution in [0.2, 0.25) is 0 Å². The molecule has 2 amide bonds. The van der Waals surface area contributed by atoms with E-state index >= 15 is 0 Å². The highest BCUT2D eigenvalue weighted by molar-refractivity contribution is 7.89. The number of H-pyrrole nitrogens is 1. The van der Waals surface area contributed by atoms with Crippen molar-refractivity contribution in [3.05, 3.63) is 71.4 Å². The number of hydrogen-bond acceptors (Lipinski definition) is 6. The third-order valence-corrected chi connectivity index (χ3v) is 9.53. The van der Waals surface area contributed by atoms with E-state index in [1.807, 2.05) is 54.6 Å². The summed E-state index contributed by atoms with van der Waals surface area (Å²) in [7, 11) is -3.80. The van der Waals surface area contributed by atoms with Crippen LogP contribution in [0.25, 0.3) is 10.9 Å². The van der Waals surface area contributed by atoms with Crippen LogP contribution < -0.4 is 5.48 Å². The van der Waals surface area contributed by atoms with Crippen molar-refractivity contribution in [1.29, 1.82) is 0 Å². The zero-order valence-corrected chi connectivity index (χ0v) is 21.8. The Hall–Kier alpha value is -3.41. The molecule has 2 aliphatic rings. The SMILES string of the molecule is O=C(NO)C(CS(=O)(=O)N1CCc2c([nH]c3ccccc23)C1)C1CCN(C(=O)OCc2ccccc2)CC1. The summed E-state index contributed by atoms with van der Waals surface area (Å²) in [6.45, 7) is 1.40. The minimum absolute atomic E-state index is 0.168. The molecule has 1 unspecified atom stereocenters. The number of ether oxygens (including phenoxy) is 1. The maximum Gasteiger partial charge on any atom is 0.410 e. The zero-order chi connectivity index (χ0) is 26.7. The number of hydrogen-bond donors (Lipinski definition) is 3. The van der Waals surface area contributed by atoms with Gasteiger partial charge in [0.1, 0.15) is 6.61 Å². The molecule has 1 fully saturated rings. The van der Waals surface area contributed by atoms with E-state index < -0.39 is 33.7 Å². The number of piperidine rings is 1. The molecule has 0 bridgehead atoms. The summed E-state index contributed by atoms with van der Waals surface area (Å²) in [5.41, 5.74) is 5.52. The molecule has 0 spiro atoms. The van der Waals surface area contributed by atoms with Crippen LogP contribution in [-0.4, -0.2) is 65.2 Å². The van der Waals surface area contributed by atoms with Crippen molar-refractivity contribution in [1.82, 2.24) is 19.7 Å². The predicted molar refractivity (Wildman–Crippen MR) is 141 cm³/mol. The van der Waals surface area contributed by atoms with Crippen molar-refractivity contribution < 1.29 is 28.0 Å². The fraction of sp³-hybridized carbons (Fsp3) is 0.407. The Morgan fingerprint density at radius 3 is 2.50 bits per heavy atom. The Morgan fingerprint density at radius 1 is 1.05 bits per heavy atom. The number of benzene rings is 2. The van der Waals surface area contributed by atoms with Crippen molar-refractivity contribution in [2.24, 2.45) is 11.8 Å². The number of carbonyl (C=O) groups is 2. The van der Waals surface area contributed by atoms with Gasteiger partial charge < -0.3 is 14.6 Å². The Balaban J connectivity index is 1.21. The molecule has 2 aromatic carbocycles. The Bertz CT molecular complexity index is 1400. The van der Waals surface area contributed by atoms with Gasteiger partial charge in [0.15, 0.2) is 0 Å². The predicted octanol–water partition coefficient (Wildman–Crippen LogP) is 3.03. The third-order valence-electron chi connectivity index (χ3n) is 7.65. The van der Waals surface area contributed by atoms with Crippen LogP contribution >= 0.6 is 0 Å². The quantitative estimate of drug-likeness (QED) is 0.312. The standard InChI is InChI=1S/C27H32N4O6S/c32-26(29-34)23(20-10-13-30(14-11-20)27(33)37-17-19-6-2-1-3-7-19)18-38(35,36)31-15-12-22-21-8-4-5-9-24(21)28-25(22)16-31/h1-9,20,23,28,34H,10-18H2,(H,29,32). The molecule has 1 atom stereocenters. The number of amides is 2. The lowest BCUT2D eigenvalue weighted by Gasteiger charge is -2.35. The third kappa shape index (κ3) is 5.54. The molecule has 202 valence electrons. The van der Waals surface area contributed by atoms with Gasteiger partial charge in [0.25, 0.3) is 0 Å². The summed E-state index contributed by atoms with van der Waals surface area (Å²) in [5, 5.41) is 10.5. The number of para-hydroxylation sites is 1. The average Bonchev–Trinajstić information content (AvgIpc) is 3.33. The van der Waals surface area contributed by atoms with Gasteiger partial charge in [0, 0.05) is 36.2 Å². The lowest BCUT2D eigenvalue weighted by atomic mass is 9.85. The number of carbonyl (C=O) groups excluding carboxylic acids is 2. The van der Waals surface area contributed by atoms with E-state index in [1.54, 1.807) is 10.4 Å². The van der Waals surface area contributed by atoms with Gasteiger partial charge in [-0.3, -0.25) is 10.0 Å². The monoisotopic (exact) mass is 540 g/mol. The molecule has 1 aromatic heterocycles. The van der Waals surface area contributed by atoms with Gasteiger partial charge in [0.05, 0.1) is 18.2 Å². The highest BCUT2D eigenvalue weighted by Crippen LogP contribution is 2.31. The van der Waals surface area contributed by atoms with E-state index in [-0.39, 0.29) is 19.1 Å². The molecule has 11 heteroatoms. The molecule has 3 heterocycles. The minimum atomic E-state index is -3.80. The van der Waals surface area contributed by atoms with Crippen LogP contribution in [0.3, 0.4) is 0 Å². The van der Waals surface area contributed by atoms with E-state index in [9.17, 15) is 23.2 Å². The van der Waals surface area contributed by atoms with E-state index in [2.05, 4.69) is 4.98 Å². The van der Waals surface area contributed by atoms with Gasteiger partial charge in [-0.05, 0) is 42.4 Å². The first-order valence-electron chi connectivity index (χ1n) is 12.8. The van der Waals surface area contributed by atoms with E-state index in [4.69, 9.17) is 4.74 Å². The Morgan fingerprint density at radius 2 is 1.76 bits per heavy atom. The van der Waals surface area contributed by atoms with Gasteiger partial charge in [-0.2, -0.15) is 4.31 Å². The van der Waals surface area contributed by atoms with Gasteiger partial charge >= 0.3 is 6.09 Å². The van der Waals surface area contributed by atoms with Crippen LogP contribution in [0.15, 0.2) is 54.6 Å². The molecule has 0 aliphatic carbocycles. The fourth-order valence-corrected chi connectivity index (χ4v) is 7.33. The van der Waals surface area contributed by atoms with Crippen molar-refractivity contribution in [3.8, 4) is 0 Å². The second-order valence-corrected chi connectivity index (χ2v) is 12.0. The van der Waals surface area contributed by atoms with E-state index in [0.717, 1.165) is 27.7 Å². The lowest BCUT2D eigenvalue weighted by Crippen LogP contribution is -2.47. The number of fused-ring (bicyclic) bond motifs is 3. The zero-order valence-electron chi connectivity index (χ0n) is 21.0. The van der Waals surface area contributed by atoms with Gasteiger partial charge in [-0.1, -0.05) is 48.5 Å². The number of aromatic amines is 1. The molecule has 1 saturated heterocycles. The first-order chi connectivity index (χ1) is 18.4. The summed E-state index contributed by atoms with van der Waals surface area (Å²) < 4.78 is 33.7. The van der Waals surface area contributed by atoms with Crippen molar-refractivity contribution >= 4 is 32.9 Å². The van der Waals surface area contributed by atoms with Gasteiger partial charge in [-0.25, -0.2) is 18.7 Å². The second kappa shape index (κ2) is 11.1. The minimum Gasteiger partial charge on any atom is -0.445 e. The fourth-order valence-electron chi connectivity index (χ4n) is 5.54. The van der Waals surface area contributed by atoms with E-state index in [1.165, 1.54) is 4.31 Å². The first kappa shape index (κ1) is 26.2. The van der Waals surface area contributed by atoms with Gasteiger partial charge in [0.2, 0.25) is 15.9 Å².